The molecule has 0 aromatic heterocycles. The number of hydrogen-bond donors (Lipinski definition) is 0. The third-order valence-corrected chi connectivity index (χ3v) is 4.68. The molecule has 0 N–H and O–H groups in total. The fourth-order valence-corrected chi connectivity index (χ4v) is 3.29. The van der Waals surface area contributed by atoms with E-state index in [-0.39, 0.29) is 12.5 Å². The monoisotopic (exact) mass is 387 g/mol. The fraction of sp³-hybridized carbons (Fsp3) is 0.500. The smallest absolute Gasteiger partial charge is 0.308 e. The predicted octanol–water partition coefficient (Wildman–Crippen LogP) is 1.48. The third-order valence-electron chi connectivity index (χ3n) is 4.68. The Kier molecular flexibility index (Phi) is 5.31. The second kappa shape index (κ2) is 7.51. The Balaban J connectivity index is 1.90. The lowest BCUT2D eigenvalue weighted by molar-refractivity contribution is -0.387. The Labute approximate surface area is 151 Å². The second-order valence-corrected chi connectivity index (χ2v) is 6.24. The average Bonchev–Trinajstić information content (AvgIpc) is 3.15. The summed E-state index contributed by atoms with van der Waals surface area (Å²) in [7, 11) is 0. The van der Waals surface area contributed by atoms with Crippen molar-refractivity contribution in [2.24, 2.45) is 0 Å². The number of likely N-dealkylation sites (tertiary alicyclic amines) is 1. The molecular formula is C16H16F3N3O5. The lowest BCUT2D eigenvalue weighted by Crippen LogP contribution is -2.51. The number of rotatable bonds is 3. The van der Waals surface area contributed by atoms with Crippen molar-refractivity contribution in [1.82, 2.24) is 9.80 Å². The average molecular weight is 387 g/mol. The molecule has 2 aliphatic heterocycles. The van der Waals surface area contributed by atoms with Crippen LogP contribution < -0.4 is 0 Å². The summed E-state index contributed by atoms with van der Waals surface area (Å²) in [5, 5.41) is 10.8. The van der Waals surface area contributed by atoms with Crippen molar-refractivity contribution in [3.63, 3.8) is 0 Å². The van der Waals surface area contributed by atoms with Gasteiger partial charge in [-0.2, -0.15) is 4.39 Å². The van der Waals surface area contributed by atoms with Crippen molar-refractivity contribution in [3.8, 4) is 0 Å². The number of nitro groups is 1. The number of halogens is 3. The minimum Gasteiger partial charge on any atom is -0.378 e. The van der Waals surface area contributed by atoms with Crippen LogP contribution in [0.15, 0.2) is 6.07 Å². The van der Waals surface area contributed by atoms with Crippen molar-refractivity contribution in [2.75, 3.05) is 32.8 Å². The van der Waals surface area contributed by atoms with E-state index in [2.05, 4.69) is 0 Å². The molecule has 146 valence electrons. The molecule has 0 unspecified atom stereocenters. The second-order valence-electron chi connectivity index (χ2n) is 6.24. The van der Waals surface area contributed by atoms with Gasteiger partial charge in [0.15, 0.2) is 5.82 Å². The maximum atomic E-state index is 14.1. The summed E-state index contributed by atoms with van der Waals surface area (Å²) in [6.07, 6.45) is 0.787. The lowest BCUT2D eigenvalue weighted by atomic mass is 10.1. The molecule has 11 heteroatoms. The van der Waals surface area contributed by atoms with Crippen LogP contribution in [0, 0.1) is 27.6 Å². The topological polar surface area (TPSA) is 93.0 Å². The van der Waals surface area contributed by atoms with Crippen LogP contribution >= 0.6 is 0 Å². The molecule has 0 saturated carbocycles. The summed E-state index contributed by atoms with van der Waals surface area (Å²) >= 11 is 0. The molecule has 27 heavy (non-hydrogen) atoms. The first-order chi connectivity index (χ1) is 12.8. The quantitative estimate of drug-likeness (QED) is 0.445. The first-order valence-electron chi connectivity index (χ1n) is 8.32. The Hall–Kier alpha value is -2.69. The summed E-state index contributed by atoms with van der Waals surface area (Å²) < 4.78 is 46.5. The van der Waals surface area contributed by atoms with Gasteiger partial charge in [-0.1, -0.05) is 0 Å². The van der Waals surface area contributed by atoms with Gasteiger partial charge in [-0.05, 0) is 12.8 Å². The Morgan fingerprint density at radius 2 is 1.78 bits per heavy atom. The van der Waals surface area contributed by atoms with Gasteiger partial charge >= 0.3 is 5.69 Å². The van der Waals surface area contributed by atoms with E-state index in [0.29, 0.717) is 45.2 Å². The Morgan fingerprint density at radius 1 is 1.11 bits per heavy atom. The minimum atomic E-state index is -2.09. The van der Waals surface area contributed by atoms with Crippen LogP contribution in [-0.4, -0.2) is 65.4 Å². The van der Waals surface area contributed by atoms with Gasteiger partial charge in [-0.15, -0.1) is 0 Å². The molecule has 0 aliphatic carbocycles. The zero-order valence-electron chi connectivity index (χ0n) is 14.1. The number of benzene rings is 1. The van der Waals surface area contributed by atoms with Gasteiger partial charge in [0.2, 0.25) is 17.5 Å². The van der Waals surface area contributed by atoms with Crippen LogP contribution in [0.3, 0.4) is 0 Å². The number of carbonyl (C=O) groups is 2. The molecule has 1 aromatic rings. The zero-order chi connectivity index (χ0) is 19.7. The van der Waals surface area contributed by atoms with Gasteiger partial charge < -0.3 is 14.5 Å². The van der Waals surface area contributed by atoms with Crippen LogP contribution in [0.4, 0.5) is 18.9 Å². The van der Waals surface area contributed by atoms with Crippen molar-refractivity contribution >= 4 is 17.5 Å². The standard InChI is InChI=1S/C16H16F3N3O5/c17-12-9(8-11(22(25)26)13(18)14(12)19)15(23)21-3-1-2-10(21)16(24)20-4-6-27-7-5-20/h8,10H,1-7H2/t10-/m1/s1. The van der Waals surface area contributed by atoms with Crippen LogP contribution in [0.25, 0.3) is 0 Å². The number of hydrogen-bond acceptors (Lipinski definition) is 5. The first-order valence-corrected chi connectivity index (χ1v) is 8.32. The largest absolute Gasteiger partial charge is 0.378 e. The van der Waals surface area contributed by atoms with Crippen molar-refractivity contribution < 1.29 is 32.4 Å². The predicted molar refractivity (Wildman–Crippen MR) is 84.4 cm³/mol. The number of nitro benzene ring substituents is 1. The van der Waals surface area contributed by atoms with Crippen molar-refractivity contribution in [1.29, 1.82) is 0 Å². The molecule has 2 saturated heterocycles. The molecule has 2 aliphatic rings. The van der Waals surface area contributed by atoms with E-state index in [4.69, 9.17) is 4.74 Å². The molecule has 0 bridgehead atoms. The molecule has 2 fully saturated rings. The van der Waals surface area contributed by atoms with E-state index >= 15 is 0 Å². The van der Waals surface area contributed by atoms with E-state index in [9.17, 15) is 32.9 Å². The highest BCUT2D eigenvalue weighted by atomic mass is 19.2. The van der Waals surface area contributed by atoms with E-state index in [1.807, 2.05) is 0 Å². The molecule has 0 radical (unpaired) electrons. The third kappa shape index (κ3) is 3.46. The number of ether oxygens (including phenoxy) is 1. The number of morpholine rings is 1. The van der Waals surface area contributed by atoms with Gasteiger partial charge in [0.1, 0.15) is 6.04 Å². The van der Waals surface area contributed by atoms with Gasteiger partial charge in [-0.3, -0.25) is 19.7 Å². The fourth-order valence-electron chi connectivity index (χ4n) is 3.29. The molecule has 1 aromatic carbocycles. The number of amides is 2. The molecular weight excluding hydrogens is 371 g/mol. The van der Waals surface area contributed by atoms with E-state index < -0.39 is 45.6 Å². The Morgan fingerprint density at radius 3 is 2.41 bits per heavy atom. The van der Waals surface area contributed by atoms with Crippen LogP contribution in [0.1, 0.15) is 23.2 Å². The van der Waals surface area contributed by atoms with Gasteiger partial charge in [0.05, 0.1) is 23.7 Å². The summed E-state index contributed by atoms with van der Waals surface area (Å²) in [6, 6.07) is -0.521. The summed E-state index contributed by atoms with van der Waals surface area (Å²) in [4.78, 5) is 37.5. The van der Waals surface area contributed by atoms with E-state index in [1.54, 1.807) is 0 Å². The lowest BCUT2D eigenvalue weighted by Gasteiger charge is -2.32. The minimum absolute atomic E-state index is 0.103. The van der Waals surface area contributed by atoms with Crippen molar-refractivity contribution in [3.05, 3.63) is 39.2 Å². The molecule has 2 amide bonds. The number of carbonyl (C=O) groups excluding carboxylic acids is 2. The molecule has 8 nitrogen and oxygen atoms in total. The highest BCUT2D eigenvalue weighted by Crippen LogP contribution is 2.29. The van der Waals surface area contributed by atoms with E-state index in [1.165, 1.54) is 4.90 Å². The Bertz CT molecular complexity index is 798. The summed E-state index contributed by atoms with van der Waals surface area (Å²) in [5.41, 5.74) is -2.31. The SMILES string of the molecule is O=C([C@H]1CCCN1C(=O)c1cc([N+](=O)[O-])c(F)c(F)c1F)N1CCOCC1. The highest BCUT2D eigenvalue weighted by Gasteiger charge is 2.39. The normalized spacial score (nSPS) is 20.0. The van der Waals surface area contributed by atoms with Crippen LogP contribution in [0.5, 0.6) is 0 Å². The zero-order valence-corrected chi connectivity index (χ0v) is 14.1. The summed E-state index contributed by atoms with van der Waals surface area (Å²) in [5.74, 6) is -7.31. The van der Waals surface area contributed by atoms with Gasteiger partial charge in [-0.25, -0.2) is 8.78 Å². The molecule has 0 spiro atoms. The van der Waals surface area contributed by atoms with E-state index in [0.717, 1.165) is 4.90 Å². The first kappa shape index (κ1) is 19.1. The maximum Gasteiger partial charge on any atom is 0.308 e. The van der Waals surface area contributed by atoms with Gasteiger partial charge in [0, 0.05) is 25.7 Å². The molecule has 3 rings (SSSR count). The van der Waals surface area contributed by atoms with Gasteiger partial charge in [0.25, 0.3) is 5.91 Å². The highest BCUT2D eigenvalue weighted by molar-refractivity contribution is 5.98. The molecule has 2 heterocycles. The number of nitrogens with zero attached hydrogens (tertiary/aromatic N) is 3. The molecule has 1 atom stereocenters. The maximum absolute atomic E-state index is 14.1. The van der Waals surface area contributed by atoms with Crippen LogP contribution in [0.2, 0.25) is 0 Å². The van der Waals surface area contributed by atoms with Crippen molar-refractivity contribution in [2.45, 2.75) is 18.9 Å². The van der Waals surface area contributed by atoms with Crippen LogP contribution in [-0.2, 0) is 9.53 Å². The summed E-state index contributed by atoms with van der Waals surface area (Å²) in [6.45, 7) is 1.52.